The lowest BCUT2D eigenvalue weighted by Crippen LogP contribution is -2.45. The maximum atomic E-state index is 12.2. The van der Waals surface area contributed by atoms with Crippen LogP contribution >= 0.6 is 0 Å². The van der Waals surface area contributed by atoms with Gasteiger partial charge in [-0.2, -0.15) is 0 Å². The van der Waals surface area contributed by atoms with Crippen molar-refractivity contribution in [1.29, 1.82) is 0 Å². The first kappa shape index (κ1) is 14.9. The van der Waals surface area contributed by atoms with Gasteiger partial charge in [-0.1, -0.05) is 6.42 Å². The first-order chi connectivity index (χ1) is 9.61. The minimum absolute atomic E-state index is 0.0259. The summed E-state index contributed by atoms with van der Waals surface area (Å²) in [5.41, 5.74) is 0. The molecule has 1 atom stereocenters. The molecule has 1 unspecified atom stereocenters. The van der Waals surface area contributed by atoms with Crippen molar-refractivity contribution >= 4 is 5.91 Å². The fourth-order valence-corrected chi connectivity index (χ4v) is 2.46. The van der Waals surface area contributed by atoms with Crippen molar-refractivity contribution in [2.75, 3.05) is 34.3 Å². The van der Waals surface area contributed by atoms with Gasteiger partial charge in [0, 0.05) is 26.7 Å². The molecule has 0 N–H and O–H groups in total. The minimum atomic E-state index is -0.237. The van der Waals surface area contributed by atoms with Gasteiger partial charge in [-0.15, -0.1) is 10.2 Å². The van der Waals surface area contributed by atoms with Crippen LogP contribution in [-0.2, 0) is 11.3 Å². The van der Waals surface area contributed by atoms with Crippen molar-refractivity contribution < 1.29 is 13.9 Å². The van der Waals surface area contributed by atoms with Crippen molar-refractivity contribution in [3.8, 4) is 0 Å². The Morgan fingerprint density at radius 1 is 1.50 bits per heavy atom. The summed E-state index contributed by atoms with van der Waals surface area (Å²) in [5, 5.41) is 7.54. The Morgan fingerprint density at radius 3 is 3.00 bits per heavy atom. The van der Waals surface area contributed by atoms with Gasteiger partial charge in [0.25, 0.3) is 0 Å². The smallest absolute Gasteiger partial charge is 0.311 e. The van der Waals surface area contributed by atoms with E-state index in [4.69, 9.17) is 9.15 Å². The normalized spacial score (nSPS) is 20.1. The highest BCUT2D eigenvalue weighted by Gasteiger charge is 2.25. The van der Waals surface area contributed by atoms with Gasteiger partial charge < -0.3 is 19.0 Å². The zero-order chi connectivity index (χ0) is 14.5. The number of carbonyl (C=O) groups is 1. The molecule has 1 saturated heterocycles. The summed E-state index contributed by atoms with van der Waals surface area (Å²) in [6.07, 6.45) is 3.57. The maximum Gasteiger partial charge on any atom is 0.311 e. The van der Waals surface area contributed by atoms with Crippen LogP contribution in [0, 0.1) is 0 Å². The van der Waals surface area contributed by atoms with Crippen LogP contribution in [-0.4, -0.2) is 66.2 Å². The molecule has 0 radical (unpaired) electrons. The molecule has 1 aliphatic heterocycles. The van der Waals surface area contributed by atoms with Crippen LogP contribution in [0.15, 0.2) is 4.42 Å². The third-order valence-electron chi connectivity index (χ3n) is 3.67. The number of aromatic nitrogens is 2. The molecule has 2 heterocycles. The molecule has 20 heavy (non-hydrogen) atoms. The summed E-state index contributed by atoms with van der Waals surface area (Å²) < 4.78 is 10.2. The number of rotatable bonds is 5. The highest BCUT2D eigenvalue weighted by atomic mass is 16.5. The van der Waals surface area contributed by atoms with E-state index < -0.39 is 0 Å². The van der Waals surface area contributed by atoms with Crippen LogP contribution in [0.4, 0.5) is 0 Å². The van der Waals surface area contributed by atoms with E-state index in [0.717, 1.165) is 13.0 Å². The van der Waals surface area contributed by atoms with Crippen LogP contribution < -0.4 is 0 Å². The average Bonchev–Trinajstić information content (AvgIpc) is 2.89. The van der Waals surface area contributed by atoms with Gasteiger partial charge >= 0.3 is 11.8 Å². The molecule has 0 bridgehead atoms. The minimum Gasteiger partial charge on any atom is -0.414 e. The Labute approximate surface area is 118 Å². The van der Waals surface area contributed by atoms with Gasteiger partial charge in [0.1, 0.15) is 6.61 Å². The number of methoxy groups -OCH3 is 1. The molecule has 7 nitrogen and oxygen atoms in total. The Kier molecular flexibility index (Phi) is 5.08. The predicted molar refractivity (Wildman–Crippen MR) is 72.2 cm³/mol. The Bertz CT molecular complexity index is 449. The third-order valence-corrected chi connectivity index (χ3v) is 3.67. The number of piperidine rings is 1. The zero-order valence-corrected chi connectivity index (χ0v) is 12.3. The fourth-order valence-electron chi connectivity index (χ4n) is 2.46. The molecular formula is C13H22N4O3. The largest absolute Gasteiger partial charge is 0.414 e. The number of nitrogens with zero attached hydrogens (tertiary/aromatic N) is 4. The van der Waals surface area contributed by atoms with Crippen molar-refractivity contribution in [1.82, 2.24) is 20.0 Å². The van der Waals surface area contributed by atoms with Gasteiger partial charge in [-0.3, -0.25) is 4.79 Å². The van der Waals surface area contributed by atoms with Crippen molar-refractivity contribution in [2.24, 2.45) is 0 Å². The monoisotopic (exact) mass is 282 g/mol. The molecule has 2 rings (SSSR count). The van der Waals surface area contributed by atoms with E-state index >= 15 is 0 Å². The second-order valence-electron chi connectivity index (χ2n) is 5.25. The first-order valence-electron chi connectivity index (χ1n) is 6.89. The van der Waals surface area contributed by atoms with E-state index in [1.165, 1.54) is 20.0 Å². The number of likely N-dealkylation sites (N-methyl/N-ethyl adjacent to an activating group) is 2. The quantitative estimate of drug-likeness (QED) is 0.794. The van der Waals surface area contributed by atoms with E-state index in [-0.39, 0.29) is 18.4 Å². The van der Waals surface area contributed by atoms with Gasteiger partial charge in [0.05, 0.1) is 0 Å². The average molecular weight is 282 g/mol. The molecule has 0 aliphatic carbocycles. The second kappa shape index (κ2) is 6.81. The van der Waals surface area contributed by atoms with E-state index in [1.807, 2.05) is 0 Å². The van der Waals surface area contributed by atoms with Crippen LogP contribution in [0.3, 0.4) is 0 Å². The lowest BCUT2D eigenvalue weighted by Gasteiger charge is -2.34. The summed E-state index contributed by atoms with van der Waals surface area (Å²) in [7, 11) is 5.41. The number of carbonyl (C=O) groups excluding carboxylic acids is 1. The SMILES string of the molecule is COCc1nnc(C(=O)N(C)CC2CCCCN2C)o1. The zero-order valence-electron chi connectivity index (χ0n) is 12.3. The number of ether oxygens (including phenoxy) is 1. The van der Waals surface area contributed by atoms with E-state index in [2.05, 4.69) is 22.1 Å². The molecular weight excluding hydrogens is 260 g/mol. The summed E-state index contributed by atoms with van der Waals surface area (Å²) in [6, 6.07) is 0.402. The highest BCUT2D eigenvalue weighted by Crippen LogP contribution is 2.16. The molecule has 1 aliphatic rings. The summed E-state index contributed by atoms with van der Waals surface area (Å²) in [4.78, 5) is 16.2. The standard InChI is InChI=1S/C13H22N4O3/c1-16-7-5-4-6-10(16)8-17(2)13(18)12-15-14-11(20-12)9-19-3/h10H,4-9H2,1-3H3. The van der Waals surface area contributed by atoms with E-state index in [0.29, 0.717) is 18.5 Å². The predicted octanol–water partition coefficient (Wildman–Crippen LogP) is 0.772. The van der Waals surface area contributed by atoms with E-state index in [9.17, 15) is 4.79 Å². The molecule has 1 fully saturated rings. The highest BCUT2D eigenvalue weighted by molar-refractivity contribution is 5.89. The molecule has 1 aromatic rings. The molecule has 0 aromatic carbocycles. The number of hydrogen-bond donors (Lipinski definition) is 0. The molecule has 112 valence electrons. The van der Waals surface area contributed by atoms with Crippen LogP contribution in [0.2, 0.25) is 0 Å². The Morgan fingerprint density at radius 2 is 2.30 bits per heavy atom. The van der Waals surface area contributed by atoms with Gasteiger partial charge in [0.2, 0.25) is 5.89 Å². The fraction of sp³-hybridized carbons (Fsp3) is 0.769. The van der Waals surface area contributed by atoms with Crippen LogP contribution in [0.5, 0.6) is 0 Å². The molecule has 1 aromatic heterocycles. The van der Waals surface area contributed by atoms with Gasteiger partial charge in [0.15, 0.2) is 0 Å². The lowest BCUT2D eigenvalue weighted by atomic mass is 10.0. The summed E-state index contributed by atoms with van der Waals surface area (Å²) in [6.45, 7) is 1.98. The van der Waals surface area contributed by atoms with Gasteiger partial charge in [-0.05, 0) is 26.4 Å². The maximum absolute atomic E-state index is 12.2. The first-order valence-corrected chi connectivity index (χ1v) is 6.89. The van der Waals surface area contributed by atoms with Crippen molar-refractivity contribution in [3.05, 3.63) is 11.8 Å². The molecule has 0 spiro atoms. The topological polar surface area (TPSA) is 71.7 Å². The van der Waals surface area contributed by atoms with Crippen LogP contribution in [0.25, 0.3) is 0 Å². The Balaban J connectivity index is 1.93. The lowest BCUT2D eigenvalue weighted by molar-refractivity contribution is 0.0672. The van der Waals surface area contributed by atoms with Gasteiger partial charge in [-0.25, -0.2) is 0 Å². The van der Waals surface area contributed by atoms with Crippen molar-refractivity contribution in [3.63, 3.8) is 0 Å². The van der Waals surface area contributed by atoms with Crippen LogP contribution in [0.1, 0.15) is 35.8 Å². The van der Waals surface area contributed by atoms with E-state index in [1.54, 1.807) is 11.9 Å². The Hall–Kier alpha value is -1.47. The number of hydrogen-bond acceptors (Lipinski definition) is 6. The van der Waals surface area contributed by atoms with Crippen molar-refractivity contribution in [2.45, 2.75) is 31.9 Å². The number of likely N-dealkylation sites (tertiary alicyclic amines) is 1. The summed E-state index contributed by atoms with van der Waals surface area (Å²) in [5.74, 6) is 0.107. The molecule has 0 saturated carbocycles. The number of amides is 1. The molecule has 7 heteroatoms. The molecule has 1 amide bonds. The summed E-state index contributed by atoms with van der Waals surface area (Å²) >= 11 is 0. The third kappa shape index (κ3) is 3.55. The second-order valence-corrected chi connectivity index (χ2v) is 5.25.